The van der Waals surface area contributed by atoms with Gasteiger partial charge in [0.25, 0.3) is 10.0 Å². The van der Waals surface area contributed by atoms with E-state index in [0.29, 0.717) is 23.7 Å². The molecule has 0 radical (unpaired) electrons. The van der Waals surface area contributed by atoms with Gasteiger partial charge in [-0.15, -0.1) is 11.3 Å². The molecule has 1 amide bonds. The summed E-state index contributed by atoms with van der Waals surface area (Å²) in [6.07, 6.45) is 2.87. The highest BCUT2D eigenvalue weighted by atomic mass is 32.2. The van der Waals surface area contributed by atoms with Crippen LogP contribution in [0.4, 0.5) is 10.1 Å². The summed E-state index contributed by atoms with van der Waals surface area (Å²) >= 11 is 1.11. The third-order valence-corrected chi connectivity index (χ3v) is 7.44. The van der Waals surface area contributed by atoms with Gasteiger partial charge < -0.3 is 5.32 Å². The van der Waals surface area contributed by atoms with E-state index >= 15 is 0 Å². The second-order valence-electron chi connectivity index (χ2n) is 5.92. The summed E-state index contributed by atoms with van der Waals surface area (Å²) in [5, 5.41) is 2.61. The van der Waals surface area contributed by atoms with Crippen LogP contribution >= 0.6 is 11.3 Å². The molecule has 1 fully saturated rings. The molecular formula is C17H19FN2O3S2. The van der Waals surface area contributed by atoms with Gasteiger partial charge in [-0.05, 0) is 43.2 Å². The summed E-state index contributed by atoms with van der Waals surface area (Å²) in [7, 11) is -3.47. The quantitative estimate of drug-likeness (QED) is 0.863. The molecule has 3 rings (SSSR count). The highest BCUT2D eigenvalue weighted by molar-refractivity contribution is 7.91. The van der Waals surface area contributed by atoms with Gasteiger partial charge in [0.05, 0.1) is 6.42 Å². The second kappa shape index (κ2) is 7.63. The van der Waals surface area contributed by atoms with Crippen LogP contribution in [0, 0.1) is 5.82 Å². The van der Waals surface area contributed by atoms with Crippen LogP contribution in [0.15, 0.2) is 40.6 Å². The molecule has 134 valence electrons. The topological polar surface area (TPSA) is 66.5 Å². The Labute approximate surface area is 150 Å². The molecule has 25 heavy (non-hydrogen) atoms. The van der Waals surface area contributed by atoms with Crippen molar-refractivity contribution in [1.29, 1.82) is 0 Å². The number of sulfonamides is 1. The van der Waals surface area contributed by atoms with E-state index in [4.69, 9.17) is 0 Å². The molecule has 0 spiro atoms. The maximum Gasteiger partial charge on any atom is 0.252 e. The van der Waals surface area contributed by atoms with Gasteiger partial charge in [-0.2, -0.15) is 4.31 Å². The third-order valence-electron chi connectivity index (χ3n) is 3.99. The van der Waals surface area contributed by atoms with E-state index in [1.54, 1.807) is 18.2 Å². The smallest absolute Gasteiger partial charge is 0.252 e. The minimum atomic E-state index is -3.47. The number of hydrogen-bond donors (Lipinski definition) is 1. The van der Waals surface area contributed by atoms with Crippen LogP contribution in [-0.4, -0.2) is 31.7 Å². The number of carbonyl (C=O) groups excluding carboxylic acids is 1. The molecule has 2 aromatic rings. The van der Waals surface area contributed by atoms with Crippen LogP contribution in [0.5, 0.6) is 0 Å². The molecule has 0 bridgehead atoms. The molecule has 8 heteroatoms. The number of hydrogen-bond acceptors (Lipinski definition) is 4. The first-order valence-corrected chi connectivity index (χ1v) is 10.3. The number of benzene rings is 1. The number of rotatable bonds is 5. The minimum absolute atomic E-state index is 0.0523. The van der Waals surface area contributed by atoms with E-state index in [1.807, 2.05) is 0 Å². The van der Waals surface area contributed by atoms with Crippen molar-refractivity contribution in [3.63, 3.8) is 0 Å². The van der Waals surface area contributed by atoms with Crippen LogP contribution in [0.2, 0.25) is 0 Å². The normalized spacial score (nSPS) is 15.9. The number of nitrogens with zero attached hydrogens (tertiary/aromatic N) is 1. The van der Waals surface area contributed by atoms with Crippen molar-refractivity contribution in [3.05, 3.63) is 47.1 Å². The van der Waals surface area contributed by atoms with Gasteiger partial charge >= 0.3 is 0 Å². The van der Waals surface area contributed by atoms with Crippen LogP contribution in [-0.2, 0) is 21.2 Å². The molecule has 0 aliphatic carbocycles. The molecule has 0 saturated carbocycles. The fourth-order valence-electron chi connectivity index (χ4n) is 2.75. The molecule has 1 aliphatic heterocycles. The third kappa shape index (κ3) is 4.45. The first kappa shape index (κ1) is 18.0. The molecule has 1 N–H and O–H groups in total. The van der Waals surface area contributed by atoms with E-state index in [1.165, 1.54) is 22.5 Å². The summed E-state index contributed by atoms with van der Waals surface area (Å²) < 4.78 is 40.1. The fourth-order valence-corrected chi connectivity index (χ4v) is 5.78. The number of carbonyl (C=O) groups is 1. The molecular weight excluding hydrogens is 363 g/mol. The average molecular weight is 382 g/mol. The lowest BCUT2D eigenvalue weighted by Crippen LogP contribution is -2.35. The predicted molar refractivity (Wildman–Crippen MR) is 95.7 cm³/mol. The van der Waals surface area contributed by atoms with E-state index in [2.05, 4.69) is 5.32 Å². The Hall–Kier alpha value is -1.77. The zero-order chi connectivity index (χ0) is 17.9. The van der Waals surface area contributed by atoms with Crippen LogP contribution in [0.3, 0.4) is 0 Å². The van der Waals surface area contributed by atoms with Crippen LogP contribution in [0.1, 0.15) is 24.1 Å². The van der Waals surface area contributed by atoms with Crippen molar-refractivity contribution in [2.24, 2.45) is 0 Å². The maximum atomic E-state index is 13.1. The molecule has 1 aromatic carbocycles. The first-order chi connectivity index (χ1) is 11.9. The number of amides is 1. The average Bonchev–Trinajstić information content (AvgIpc) is 3.05. The van der Waals surface area contributed by atoms with Gasteiger partial charge in [-0.1, -0.05) is 12.5 Å². The Bertz CT molecular complexity index is 858. The number of halogens is 1. The molecule has 1 aliphatic rings. The van der Waals surface area contributed by atoms with Crippen LogP contribution < -0.4 is 5.32 Å². The van der Waals surface area contributed by atoms with Gasteiger partial charge in [0, 0.05) is 23.7 Å². The van der Waals surface area contributed by atoms with Crippen molar-refractivity contribution in [2.75, 3.05) is 18.4 Å². The van der Waals surface area contributed by atoms with Gasteiger partial charge in [0.1, 0.15) is 10.0 Å². The molecule has 1 saturated heterocycles. The van der Waals surface area contributed by atoms with E-state index in [0.717, 1.165) is 30.6 Å². The molecule has 0 unspecified atom stereocenters. The lowest BCUT2D eigenvalue weighted by Gasteiger charge is -2.25. The summed E-state index contributed by atoms with van der Waals surface area (Å²) in [6, 6.07) is 8.86. The van der Waals surface area contributed by atoms with Gasteiger partial charge in [0.2, 0.25) is 5.91 Å². The highest BCUT2D eigenvalue weighted by Crippen LogP contribution is 2.27. The minimum Gasteiger partial charge on any atom is -0.326 e. The highest BCUT2D eigenvalue weighted by Gasteiger charge is 2.27. The lowest BCUT2D eigenvalue weighted by atomic mass is 10.2. The number of nitrogens with one attached hydrogen (secondary N) is 1. The molecule has 5 nitrogen and oxygen atoms in total. The van der Waals surface area contributed by atoms with Gasteiger partial charge in [-0.25, -0.2) is 12.8 Å². The van der Waals surface area contributed by atoms with Crippen LogP contribution in [0.25, 0.3) is 0 Å². The summed E-state index contributed by atoms with van der Waals surface area (Å²) in [5.41, 5.74) is 0.378. The number of anilines is 1. The van der Waals surface area contributed by atoms with Gasteiger partial charge in [-0.3, -0.25) is 4.79 Å². The summed E-state index contributed by atoms with van der Waals surface area (Å²) in [5.74, 6) is -0.738. The number of piperidine rings is 1. The Kier molecular flexibility index (Phi) is 5.51. The number of thiophene rings is 1. The predicted octanol–water partition coefficient (Wildman–Crippen LogP) is 3.24. The first-order valence-electron chi connectivity index (χ1n) is 8.09. The Morgan fingerprint density at radius 1 is 1.16 bits per heavy atom. The van der Waals surface area contributed by atoms with Crippen molar-refractivity contribution in [2.45, 2.75) is 29.9 Å². The fraction of sp³-hybridized carbons (Fsp3) is 0.353. The van der Waals surface area contributed by atoms with E-state index in [-0.39, 0.29) is 16.5 Å². The Balaban J connectivity index is 1.66. The Morgan fingerprint density at radius 3 is 2.64 bits per heavy atom. The van der Waals surface area contributed by atoms with E-state index in [9.17, 15) is 17.6 Å². The zero-order valence-electron chi connectivity index (χ0n) is 13.6. The second-order valence-corrected chi connectivity index (χ2v) is 9.25. The SMILES string of the molecule is O=C(Cc1ccc(S(=O)(=O)N2CCCCC2)s1)Nc1cccc(F)c1. The summed E-state index contributed by atoms with van der Waals surface area (Å²) in [6.45, 7) is 1.10. The van der Waals surface area contributed by atoms with Gasteiger partial charge in [0.15, 0.2) is 0 Å². The molecule has 0 atom stereocenters. The van der Waals surface area contributed by atoms with Crippen molar-refractivity contribution >= 4 is 33.0 Å². The van der Waals surface area contributed by atoms with Crippen molar-refractivity contribution in [3.8, 4) is 0 Å². The standard InChI is InChI=1S/C17H19FN2O3S2/c18-13-5-4-6-14(11-13)19-16(21)12-15-7-8-17(24-15)25(22,23)20-9-2-1-3-10-20/h4-8,11H,1-3,9-10,12H2,(H,19,21). The van der Waals surface area contributed by atoms with Crippen molar-refractivity contribution in [1.82, 2.24) is 4.31 Å². The van der Waals surface area contributed by atoms with E-state index < -0.39 is 15.8 Å². The Morgan fingerprint density at radius 2 is 1.92 bits per heavy atom. The molecule has 1 aromatic heterocycles. The largest absolute Gasteiger partial charge is 0.326 e. The molecule has 2 heterocycles. The monoisotopic (exact) mass is 382 g/mol. The summed E-state index contributed by atoms with van der Waals surface area (Å²) in [4.78, 5) is 12.7. The lowest BCUT2D eigenvalue weighted by molar-refractivity contribution is -0.115. The maximum absolute atomic E-state index is 13.1. The zero-order valence-corrected chi connectivity index (χ0v) is 15.2. The van der Waals surface area contributed by atoms with Crippen molar-refractivity contribution < 1.29 is 17.6 Å².